The van der Waals surface area contributed by atoms with Crippen LogP contribution in [0, 0.1) is 0 Å². The molecule has 3 nitrogen and oxygen atoms in total. The van der Waals surface area contributed by atoms with E-state index in [4.69, 9.17) is 18.0 Å². The van der Waals surface area contributed by atoms with Crippen LogP contribution in [-0.2, 0) is 0 Å². The molecule has 0 unspecified atom stereocenters. The van der Waals surface area contributed by atoms with Crippen molar-refractivity contribution in [2.75, 3.05) is 5.32 Å². The molecule has 0 aliphatic carbocycles. The molecule has 1 aromatic rings. The number of rotatable bonds is 5. The lowest BCUT2D eigenvalue weighted by Gasteiger charge is -2.17. The van der Waals surface area contributed by atoms with Crippen LogP contribution in [0.2, 0.25) is 0 Å². The molecule has 0 bridgehead atoms. The Morgan fingerprint density at radius 3 is 2.73 bits per heavy atom. The third kappa shape index (κ3) is 3.16. The first-order chi connectivity index (χ1) is 7.19. The van der Waals surface area contributed by atoms with Crippen molar-refractivity contribution in [3.63, 3.8) is 0 Å². The van der Waals surface area contributed by atoms with E-state index >= 15 is 0 Å². The van der Waals surface area contributed by atoms with Gasteiger partial charge in [0.05, 0.1) is 5.56 Å². The fourth-order valence-electron chi connectivity index (χ4n) is 1.41. The fraction of sp³-hybridized carbons (Fsp3) is 0.455. The van der Waals surface area contributed by atoms with E-state index in [1.165, 1.54) is 0 Å². The Kier molecular flexibility index (Phi) is 4.49. The van der Waals surface area contributed by atoms with Gasteiger partial charge in [-0.25, -0.2) is 4.98 Å². The number of hydrogen-bond acceptors (Lipinski definition) is 3. The molecule has 1 aromatic heterocycles. The number of hydrogen-bond donors (Lipinski definition) is 2. The van der Waals surface area contributed by atoms with Gasteiger partial charge in [0.15, 0.2) is 0 Å². The summed E-state index contributed by atoms with van der Waals surface area (Å²) in [6.45, 7) is 4.29. The number of thiocarbonyl (C=S) groups is 1. The molecule has 82 valence electrons. The number of nitrogens with two attached hydrogens (primary N) is 1. The van der Waals surface area contributed by atoms with E-state index in [9.17, 15) is 0 Å². The molecule has 15 heavy (non-hydrogen) atoms. The summed E-state index contributed by atoms with van der Waals surface area (Å²) < 4.78 is 0. The number of anilines is 1. The molecule has 0 aliphatic rings. The standard InChI is InChI=1S/C11H17N3S/c1-3-8(4-2)14-11-9(10(12)15)6-5-7-13-11/h5-8H,3-4H2,1-2H3,(H2,12,15)(H,13,14). The van der Waals surface area contributed by atoms with E-state index < -0.39 is 0 Å². The highest BCUT2D eigenvalue weighted by Gasteiger charge is 2.09. The Balaban J connectivity index is 2.88. The zero-order valence-corrected chi connectivity index (χ0v) is 9.97. The summed E-state index contributed by atoms with van der Waals surface area (Å²) >= 11 is 4.97. The summed E-state index contributed by atoms with van der Waals surface area (Å²) in [5.41, 5.74) is 6.44. The summed E-state index contributed by atoms with van der Waals surface area (Å²) in [4.78, 5) is 4.64. The minimum Gasteiger partial charge on any atom is -0.389 e. The zero-order valence-electron chi connectivity index (χ0n) is 9.16. The first-order valence-electron chi connectivity index (χ1n) is 5.20. The van der Waals surface area contributed by atoms with Gasteiger partial charge >= 0.3 is 0 Å². The van der Waals surface area contributed by atoms with Gasteiger partial charge in [-0.3, -0.25) is 0 Å². The Bertz CT molecular complexity index is 334. The average molecular weight is 223 g/mol. The Morgan fingerprint density at radius 1 is 1.53 bits per heavy atom. The normalized spacial score (nSPS) is 10.3. The van der Waals surface area contributed by atoms with E-state index in [1.807, 2.05) is 12.1 Å². The molecule has 3 N–H and O–H groups in total. The molecule has 0 aromatic carbocycles. The van der Waals surface area contributed by atoms with Crippen LogP contribution < -0.4 is 11.1 Å². The van der Waals surface area contributed by atoms with Crippen molar-refractivity contribution >= 4 is 23.0 Å². The van der Waals surface area contributed by atoms with Gasteiger partial charge < -0.3 is 11.1 Å². The van der Waals surface area contributed by atoms with Crippen LogP contribution in [0.3, 0.4) is 0 Å². The summed E-state index contributed by atoms with van der Waals surface area (Å²) in [6, 6.07) is 4.15. The number of nitrogens with zero attached hydrogens (tertiary/aromatic N) is 1. The molecule has 0 atom stereocenters. The molecule has 4 heteroatoms. The van der Waals surface area contributed by atoms with Gasteiger partial charge in [0.1, 0.15) is 10.8 Å². The SMILES string of the molecule is CCC(CC)Nc1ncccc1C(N)=S. The van der Waals surface area contributed by atoms with Crippen molar-refractivity contribution in [1.29, 1.82) is 0 Å². The highest BCUT2D eigenvalue weighted by Crippen LogP contribution is 2.14. The summed E-state index contributed by atoms with van der Waals surface area (Å²) in [5, 5.41) is 3.35. The number of aromatic nitrogens is 1. The molecule has 0 radical (unpaired) electrons. The van der Waals surface area contributed by atoms with Gasteiger partial charge in [0.2, 0.25) is 0 Å². The van der Waals surface area contributed by atoms with Crippen molar-refractivity contribution in [1.82, 2.24) is 4.98 Å². The quantitative estimate of drug-likeness (QED) is 0.752. The summed E-state index contributed by atoms with van der Waals surface area (Å²) in [7, 11) is 0. The summed E-state index contributed by atoms with van der Waals surface area (Å²) in [6.07, 6.45) is 3.86. The largest absolute Gasteiger partial charge is 0.389 e. The second-order valence-electron chi connectivity index (χ2n) is 3.42. The van der Waals surface area contributed by atoms with Crippen molar-refractivity contribution in [3.05, 3.63) is 23.9 Å². The third-order valence-corrected chi connectivity index (χ3v) is 2.62. The van der Waals surface area contributed by atoms with Crippen molar-refractivity contribution in [2.24, 2.45) is 5.73 Å². The van der Waals surface area contributed by atoms with E-state index in [2.05, 4.69) is 24.1 Å². The lowest BCUT2D eigenvalue weighted by molar-refractivity contribution is 0.668. The monoisotopic (exact) mass is 223 g/mol. The van der Waals surface area contributed by atoms with E-state index in [0.717, 1.165) is 24.2 Å². The van der Waals surface area contributed by atoms with Crippen molar-refractivity contribution in [2.45, 2.75) is 32.7 Å². The van der Waals surface area contributed by atoms with Crippen LogP contribution in [0.1, 0.15) is 32.3 Å². The van der Waals surface area contributed by atoms with Crippen LogP contribution in [0.15, 0.2) is 18.3 Å². The van der Waals surface area contributed by atoms with E-state index in [0.29, 0.717) is 11.0 Å². The van der Waals surface area contributed by atoms with E-state index in [1.54, 1.807) is 6.20 Å². The minimum absolute atomic E-state index is 0.386. The lowest BCUT2D eigenvalue weighted by Crippen LogP contribution is -2.21. The Labute approximate surface area is 96.1 Å². The topological polar surface area (TPSA) is 50.9 Å². The maximum atomic E-state index is 5.62. The Morgan fingerprint density at radius 2 is 2.20 bits per heavy atom. The molecular weight excluding hydrogens is 206 g/mol. The third-order valence-electron chi connectivity index (χ3n) is 2.40. The molecule has 0 saturated heterocycles. The van der Waals surface area contributed by atoms with Crippen LogP contribution in [0.25, 0.3) is 0 Å². The molecule has 1 heterocycles. The first-order valence-corrected chi connectivity index (χ1v) is 5.61. The van der Waals surface area contributed by atoms with Crippen molar-refractivity contribution in [3.8, 4) is 0 Å². The second kappa shape index (κ2) is 5.66. The zero-order chi connectivity index (χ0) is 11.3. The predicted molar refractivity (Wildman–Crippen MR) is 68.1 cm³/mol. The van der Waals surface area contributed by atoms with Gasteiger partial charge in [0, 0.05) is 12.2 Å². The van der Waals surface area contributed by atoms with Crippen LogP contribution >= 0.6 is 12.2 Å². The maximum Gasteiger partial charge on any atom is 0.136 e. The minimum atomic E-state index is 0.386. The van der Waals surface area contributed by atoms with Crippen LogP contribution in [0.4, 0.5) is 5.82 Å². The van der Waals surface area contributed by atoms with Gasteiger partial charge in [-0.15, -0.1) is 0 Å². The van der Waals surface area contributed by atoms with Crippen LogP contribution in [-0.4, -0.2) is 16.0 Å². The smallest absolute Gasteiger partial charge is 0.136 e. The molecule has 0 aliphatic heterocycles. The lowest BCUT2D eigenvalue weighted by atomic mass is 10.1. The predicted octanol–water partition coefficient (Wildman–Crippen LogP) is 2.32. The summed E-state index contributed by atoms with van der Waals surface area (Å²) in [5.74, 6) is 0.790. The Hall–Kier alpha value is -1.16. The van der Waals surface area contributed by atoms with Gasteiger partial charge in [-0.1, -0.05) is 26.1 Å². The first kappa shape index (κ1) is 11.9. The van der Waals surface area contributed by atoms with Crippen LogP contribution in [0.5, 0.6) is 0 Å². The van der Waals surface area contributed by atoms with Gasteiger partial charge in [0.25, 0.3) is 0 Å². The maximum absolute atomic E-state index is 5.62. The molecule has 0 spiro atoms. The molecule has 0 amide bonds. The molecule has 0 fully saturated rings. The molecular formula is C11H17N3S. The highest BCUT2D eigenvalue weighted by atomic mass is 32.1. The van der Waals surface area contributed by atoms with E-state index in [-0.39, 0.29) is 0 Å². The van der Waals surface area contributed by atoms with Gasteiger partial charge in [-0.05, 0) is 25.0 Å². The second-order valence-corrected chi connectivity index (χ2v) is 3.86. The number of pyridine rings is 1. The molecule has 1 rings (SSSR count). The molecule has 0 saturated carbocycles. The number of nitrogens with one attached hydrogen (secondary N) is 1. The van der Waals surface area contributed by atoms with Gasteiger partial charge in [-0.2, -0.15) is 0 Å². The van der Waals surface area contributed by atoms with Crippen molar-refractivity contribution < 1.29 is 0 Å². The highest BCUT2D eigenvalue weighted by molar-refractivity contribution is 7.80. The average Bonchev–Trinajstić information content (AvgIpc) is 2.26. The fourth-order valence-corrected chi connectivity index (χ4v) is 1.57.